The van der Waals surface area contributed by atoms with E-state index in [1.807, 2.05) is 13.0 Å². The number of amides is 1. The number of Topliss-reactive ketones (excluding diaryl/α,β-unsaturated/α-hetero) is 1. The number of aryl methyl sites for hydroxylation is 1. The molecule has 0 aromatic heterocycles. The Morgan fingerprint density at radius 1 is 1.40 bits per heavy atom. The first-order valence-electron chi connectivity index (χ1n) is 6.66. The molecule has 2 rings (SSSR count). The highest BCUT2D eigenvalue weighted by Gasteiger charge is 2.33. The molecule has 0 fully saturated rings. The number of nitrogens with one attached hydrogen (secondary N) is 1. The summed E-state index contributed by atoms with van der Waals surface area (Å²) in [6, 6.07) is 3.42. The fraction of sp³-hybridized carbons (Fsp3) is 0.400. The summed E-state index contributed by atoms with van der Waals surface area (Å²) in [4.78, 5) is 34.1. The summed E-state index contributed by atoms with van der Waals surface area (Å²) < 4.78 is 0. The summed E-state index contributed by atoms with van der Waals surface area (Å²) in [5.74, 6) is -2.54. The molecular weight excluding hydrogens is 258 g/mol. The van der Waals surface area contributed by atoms with Crippen molar-refractivity contribution in [2.75, 3.05) is 5.32 Å². The van der Waals surface area contributed by atoms with E-state index in [2.05, 4.69) is 12.2 Å². The number of hydrogen-bond acceptors (Lipinski definition) is 3. The SMILES string of the molecule is CCCC1CC(=O)c2c(NC(=O)C(=O)O)ccc(C)c21. The van der Waals surface area contributed by atoms with Gasteiger partial charge < -0.3 is 10.4 Å². The van der Waals surface area contributed by atoms with Crippen molar-refractivity contribution in [2.24, 2.45) is 0 Å². The number of carboxylic acid groups (broad SMARTS) is 1. The van der Waals surface area contributed by atoms with Crippen LogP contribution in [0.4, 0.5) is 5.69 Å². The summed E-state index contributed by atoms with van der Waals surface area (Å²) in [5, 5.41) is 11.0. The van der Waals surface area contributed by atoms with Crippen LogP contribution in [0, 0.1) is 6.92 Å². The zero-order chi connectivity index (χ0) is 14.9. The highest BCUT2D eigenvalue weighted by molar-refractivity contribution is 6.37. The molecule has 2 N–H and O–H groups in total. The van der Waals surface area contributed by atoms with E-state index in [1.165, 1.54) is 0 Å². The third-order valence-electron chi connectivity index (χ3n) is 3.66. The van der Waals surface area contributed by atoms with Crippen LogP contribution in [0.25, 0.3) is 0 Å². The molecule has 1 aliphatic rings. The van der Waals surface area contributed by atoms with Crippen LogP contribution < -0.4 is 5.32 Å². The normalized spacial score (nSPS) is 16.9. The number of aliphatic carboxylic acids is 1. The Labute approximate surface area is 117 Å². The Kier molecular flexibility index (Phi) is 3.88. The number of benzene rings is 1. The van der Waals surface area contributed by atoms with Gasteiger partial charge >= 0.3 is 11.9 Å². The van der Waals surface area contributed by atoms with Gasteiger partial charge in [-0.05, 0) is 36.5 Å². The summed E-state index contributed by atoms with van der Waals surface area (Å²) in [6.07, 6.45) is 2.32. The van der Waals surface area contributed by atoms with Crippen LogP contribution in [-0.4, -0.2) is 22.8 Å². The van der Waals surface area contributed by atoms with Gasteiger partial charge in [-0.1, -0.05) is 19.4 Å². The minimum absolute atomic E-state index is 0.0251. The van der Waals surface area contributed by atoms with Crippen LogP contribution in [0.3, 0.4) is 0 Å². The molecule has 1 aromatic carbocycles. The summed E-state index contributed by atoms with van der Waals surface area (Å²) in [6.45, 7) is 4.00. The van der Waals surface area contributed by atoms with E-state index in [4.69, 9.17) is 5.11 Å². The lowest BCUT2D eigenvalue weighted by molar-refractivity contribution is -0.147. The maximum atomic E-state index is 12.2. The zero-order valence-corrected chi connectivity index (χ0v) is 11.5. The van der Waals surface area contributed by atoms with Crippen molar-refractivity contribution < 1.29 is 19.5 Å². The minimum atomic E-state index is -1.56. The zero-order valence-electron chi connectivity index (χ0n) is 11.5. The lowest BCUT2D eigenvalue weighted by Crippen LogP contribution is -2.23. The number of carbonyl (C=O) groups is 3. The molecule has 1 amide bonds. The van der Waals surface area contributed by atoms with Crippen LogP contribution in [0.2, 0.25) is 0 Å². The van der Waals surface area contributed by atoms with E-state index >= 15 is 0 Å². The number of carboxylic acids is 1. The summed E-state index contributed by atoms with van der Waals surface area (Å²) >= 11 is 0. The number of anilines is 1. The lowest BCUT2D eigenvalue weighted by Gasteiger charge is -2.14. The second-order valence-corrected chi connectivity index (χ2v) is 5.09. The fourth-order valence-corrected chi connectivity index (χ4v) is 2.85. The fourth-order valence-electron chi connectivity index (χ4n) is 2.85. The molecule has 0 saturated carbocycles. The van der Waals surface area contributed by atoms with Crippen molar-refractivity contribution in [1.82, 2.24) is 0 Å². The molecule has 0 spiro atoms. The first kappa shape index (κ1) is 14.2. The molecule has 1 atom stereocenters. The van der Waals surface area contributed by atoms with Crippen LogP contribution >= 0.6 is 0 Å². The van der Waals surface area contributed by atoms with Crippen LogP contribution in [-0.2, 0) is 9.59 Å². The van der Waals surface area contributed by atoms with Gasteiger partial charge in [0.05, 0.1) is 5.69 Å². The van der Waals surface area contributed by atoms with E-state index in [9.17, 15) is 14.4 Å². The molecule has 5 nitrogen and oxygen atoms in total. The molecule has 0 heterocycles. The van der Waals surface area contributed by atoms with Crippen LogP contribution in [0.15, 0.2) is 12.1 Å². The monoisotopic (exact) mass is 275 g/mol. The molecule has 0 saturated heterocycles. The van der Waals surface area contributed by atoms with Gasteiger partial charge in [-0.2, -0.15) is 0 Å². The van der Waals surface area contributed by atoms with Crippen molar-refractivity contribution in [3.8, 4) is 0 Å². The standard InChI is InChI=1S/C15H17NO4/c1-3-4-9-7-11(17)13-10(16-14(18)15(19)20)6-5-8(2)12(9)13/h5-6,9H,3-4,7H2,1-2H3,(H,16,18)(H,19,20). The predicted molar refractivity (Wildman–Crippen MR) is 74.0 cm³/mol. The highest BCUT2D eigenvalue weighted by Crippen LogP contribution is 2.41. The second kappa shape index (κ2) is 5.45. The van der Waals surface area contributed by atoms with Gasteiger partial charge in [-0.25, -0.2) is 4.79 Å². The second-order valence-electron chi connectivity index (χ2n) is 5.09. The molecule has 1 aliphatic carbocycles. The molecule has 0 aliphatic heterocycles. The number of carbonyl (C=O) groups excluding carboxylic acids is 2. The number of rotatable bonds is 3. The van der Waals surface area contributed by atoms with Crippen LogP contribution in [0.5, 0.6) is 0 Å². The Bertz CT molecular complexity index is 592. The predicted octanol–water partition coefficient (Wildman–Crippen LogP) is 2.49. The van der Waals surface area contributed by atoms with Gasteiger partial charge in [0.15, 0.2) is 5.78 Å². The molecule has 20 heavy (non-hydrogen) atoms. The Hall–Kier alpha value is -2.17. The molecule has 0 bridgehead atoms. The first-order valence-corrected chi connectivity index (χ1v) is 6.66. The van der Waals surface area contributed by atoms with E-state index in [0.29, 0.717) is 17.7 Å². The third-order valence-corrected chi connectivity index (χ3v) is 3.66. The first-order chi connectivity index (χ1) is 9.45. The smallest absolute Gasteiger partial charge is 0.394 e. The Balaban J connectivity index is 2.45. The maximum Gasteiger partial charge on any atom is 0.394 e. The number of hydrogen-bond donors (Lipinski definition) is 2. The average molecular weight is 275 g/mol. The van der Waals surface area contributed by atoms with Crippen molar-refractivity contribution in [2.45, 2.75) is 39.0 Å². The van der Waals surface area contributed by atoms with Crippen molar-refractivity contribution in [1.29, 1.82) is 0 Å². The van der Waals surface area contributed by atoms with E-state index in [0.717, 1.165) is 24.0 Å². The van der Waals surface area contributed by atoms with Gasteiger partial charge in [0.25, 0.3) is 0 Å². The molecule has 0 radical (unpaired) electrons. The van der Waals surface area contributed by atoms with Gasteiger partial charge in [-0.15, -0.1) is 0 Å². The molecule has 5 heteroatoms. The van der Waals surface area contributed by atoms with Crippen LogP contribution in [0.1, 0.15) is 53.6 Å². The van der Waals surface area contributed by atoms with Crippen molar-refractivity contribution in [3.63, 3.8) is 0 Å². The Morgan fingerprint density at radius 2 is 2.10 bits per heavy atom. The van der Waals surface area contributed by atoms with E-state index in [1.54, 1.807) is 6.07 Å². The number of fused-ring (bicyclic) bond motifs is 1. The van der Waals surface area contributed by atoms with Gasteiger partial charge in [-0.3, -0.25) is 9.59 Å². The van der Waals surface area contributed by atoms with Gasteiger partial charge in [0.1, 0.15) is 0 Å². The average Bonchev–Trinajstić information content (AvgIpc) is 2.71. The minimum Gasteiger partial charge on any atom is -0.474 e. The quantitative estimate of drug-likeness (QED) is 0.830. The van der Waals surface area contributed by atoms with Gasteiger partial charge in [0.2, 0.25) is 0 Å². The largest absolute Gasteiger partial charge is 0.474 e. The van der Waals surface area contributed by atoms with Crippen molar-refractivity contribution in [3.05, 3.63) is 28.8 Å². The maximum absolute atomic E-state index is 12.2. The Morgan fingerprint density at radius 3 is 2.70 bits per heavy atom. The highest BCUT2D eigenvalue weighted by atomic mass is 16.4. The number of ketones is 1. The van der Waals surface area contributed by atoms with E-state index < -0.39 is 11.9 Å². The molecule has 1 unspecified atom stereocenters. The summed E-state index contributed by atoms with van der Waals surface area (Å²) in [5.41, 5.74) is 2.76. The van der Waals surface area contributed by atoms with Gasteiger partial charge in [0, 0.05) is 12.0 Å². The lowest BCUT2D eigenvalue weighted by atomic mass is 9.92. The topological polar surface area (TPSA) is 83.5 Å². The molecule has 106 valence electrons. The molecule has 1 aromatic rings. The molecular formula is C15H17NO4. The van der Waals surface area contributed by atoms with E-state index in [-0.39, 0.29) is 11.7 Å². The third kappa shape index (κ3) is 2.43. The summed E-state index contributed by atoms with van der Waals surface area (Å²) in [7, 11) is 0. The van der Waals surface area contributed by atoms with Crippen molar-refractivity contribution >= 4 is 23.3 Å².